The second kappa shape index (κ2) is 14.9. The number of carboxylic acids is 1. The third-order valence-electron chi connectivity index (χ3n) is 6.70. The number of benzene rings is 1. The maximum absolute atomic E-state index is 12.1. The van der Waals surface area contributed by atoms with Crippen molar-refractivity contribution >= 4 is 29.7 Å². The lowest BCUT2D eigenvalue weighted by molar-refractivity contribution is -0.271. The van der Waals surface area contributed by atoms with Crippen LogP contribution in [-0.2, 0) is 46.5 Å². The molecule has 5 atom stereocenters. The summed E-state index contributed by atoms with van der Waals surface area (Å²) in [5.41, 5.74) is 1.24. The number of aryl methyl sites for hydroxylation is 1. The number of amides is 3. The summed E-state index contributed by atoms with van der Waals surface area (Å²) in [4.78, 5) is 59.7. The van der Waals surface area contributed by atoms with Crippen LogP contribution < -0.4 is 10.1 Å². The smallest absolute Gasteiger partial charge is 0.335 e. The van der Waals surface area contributed by atoms with E-state index in [0.717, 1.165) is 22.6 Å². The first-order valence-electron chi connectivity index (χ1n) is 13.6. The van der Waals surface area contributed by atoms with Gasteiger partial charge in [0.1, 0.15) is 30.7 Å². The molecule has 14 nitrogen and oxygen atoms in total. The molecule has 5 N–H and O–H groups in total. The van der Waals surface area contributed by atoms with Gasteiger partial charge in [-0.25, -0.2) is 4.79 Å². The maximum atomic E-state index is 12.1. The molecule has 230 valence electrons. The molecule has 1 fully saturated rings. The summed E-state index contributed by atoms with van der Waals surface area (Å²) in [6.45, 7) is 3.54. The van der Waals surface area contributed by atoms with Gasteiger partial charge in [-0.3, -0.25) is 24.1 Å². The number of aliphatic hydroxyl groups excluding tert-OH is 3. The third-order valence-corrected chi connectivity index (χ3v) is 6.70. The van der Waals surface area contributed by atoms with Gasteiger partial charge >= 0.3 is 11.9 Å². The van der Waals surface area contributed by atoms with Crippen LogP contribution >= 0.6 is 0 Å². The topological polar surface area (TPSA) is 209 Å². The highest BCUT2D eigenvalue weighted by atomic mass is 16.7. The van der Waals surface area contributed by atoms with E-state index in [1.165, 1.54) is 6.07 Å². The van der Waals surface area contributed by atoms with Crippen LogP contribution in [0.5, 0.6) is 5.75 Å². The number of hydrogen-bond donors (Lipinski definition) is 5. The number of esters is 1. The van der Waals surface area contributed by atoms with E-state index in [1.54, 1.807) is 26.0 Å². The normalized spacial score (nSPS) is 23.8. The average molecular weight is 593 g/mol. The number of rotatable bonds is 14. The van der Waals surface area contributed by atoms with Crippen LogP contribution in [0.4, 0.5) is 0 Å². The number of nitrogens with one attached hydrogen (secondary N) is 1. The van der Waals surface area contributed by atoms with Crippen LogP contribution in [0.3, 0.4) is 0 Å². The minimum Gasteiger partial charge on any atom is -0.479 e. The Kier molecular flexibility index (Phi) is 11.6. The zero-order valence-electron chi connectivity index (χ0n) is 23.3. The largest absolute Gasteiger partial charge is 0.479 e. The van der Waals surface area contributed by atoms with E-state index in [1.807, 2.05) is 0 Å². The maximum Gasteiger partial charge on any atom is 0.335 e. The molecule has 0 saturated carbocycles. The summed E-state index contributed by atoms with van der Waals surface area (Å²) in [6, 6.07) is 4.97. The zero-order chi connectivity index (χ0) is 31.0. The molecule has 2 aliphatic rings. The molecule has 0 unspecified atom stereocenters. The van der Waals surface area contributed by atoms with Gasteiger partial charge in [-0.15, -0.1) is 0 Å². The Hall–Kier alpha value is -3.85. The van der Waals surface area contributed by atoms with E-state index in [4.69, 9.17) is 14.2 Å². The molecule has 3 rings (SSSR count). The molecule has 0 radical (unpaired) electrons. The molecule has 42 heavy (non-hydrogen) atoms. The van der Waals surface area contributed by atoms with Crippen molar-refractivity contribution in [3.8, 4) is 5.75 Å². The highest BCUT2D eigenvalue weighted by Gasteiger charge is 2.48. The molecule has 0 bridgehead atoms. The molecule has 0 aliphatic carbocycles. The molecular weight excluding hydrogens is 556 g/mol. The van der Waals surface area contributed by atoms with Gasteiger partial charge in [0.15, 0.2) is 6.10 Å². The van der Waals surface area contributed by atoms with E-state index in [9.17, 15) is 44.4 Å². The molecule has 3 amide bonds. The van der Waals surface area contributed by atoms with Gasteiger partial charge in [-0.1, -0.05) is 19.9 Å². The SMILES string of the molecule is CC(C)C(=O)OCc1cc(CCCCNC(=O)CCN2C(=O)C=CC2=O)ccc1O[C@@H]1O[C@H](C(=O)O)[C@@H](O)[C@H](O)[C@H]1O. The summed E-state index contributed by atoms with van der Waals surface area (Å²) >= 11 is 0. The molecule has 0 spiro atoms. The lowest BCUT2D eigenvalue weighted by Gasteiger charge is -2.38. The molecule has 1 aromatic carbocycles. The van der Waals surface area contributed by atoms with E-state index in [-0.39, 0.29) is 31.2 Å². The van der Waals surface area contributed by atoms with E-state index in [0.29, 0.717) is 31.4 Å². The predicted molar refractivity (Wildman–Crippen MR) is 142 cm³/mol. The highest BCUT2D eigenvalue weighted by molar-refractivity contribution is 6.13. The number of nitrogens with zero attached hydrogens (tertiary/aromatic N) is 1. The van der Waals surface area contributed by atoms with Crippen molar-refractivity contribution in [1.29, 1.82) is 0 Å². The van der Waals surface area contributed by atoms with Gasteiger partial charge in [0.05, 0.1) is 5.92 Å². The lowest BCUT2D eigenvalue weighted by atomic mass is 9.99. The highest BCUT2D eigenvalue weighted by Crippen LogP contribution is 2.28. The summed E-state index contributed by atoms with van der Waals surface area (Å²) < 4.78 is 16.2. The second-order valence-corrected chi connectivity index (χ2v) is 10.3. The molecule has 2 heterocycles. The fourth-order valence-electron chi connectivity index (χ4n) is 4.24. The summed E-state index contributed by atoms with van der Waals surface area (Å²) in [7, 11) is 0. The molecule has 1 aromatic rings. The Bertz CT molecular complexity index is 1180. The first-order chi connectivity index (χ1) is 19.9. The summed E-state index contributed by atoms with van der Waals surface area (Å²) in [5, 5.41) is 42.4. The van der Waals surface area contributed by atoms with Crippen LogP contribution in [-0.4, -0.2) is 98.8 Å². The van der Waals surface area contributed by atoms with Crippen molar-refractivity contribution in [1.82, 2.24) is 10.2 Å². The number of aliphatic carboxylic acids is 1. The molecule has 2 aliphatic heterocycles. The van der Waals surface area contributed by atoms with Crippen LogP contribution in [0.25, 0.3) is 0 Å². The first-order valence-corrected chi connectivity index (χ1v) is 13.6. The molecule has 0 aromatic heterocycles. The zero-order valence-corrected chi connectivity index (χ0v) is 23.3. The number of carboxylic acid groups (broad SMARTS) is 1. The number of hydrogen-bond acceptors (Lipinski definition) is 11. The van der Waals surface area contributed by atoms with Crippen molar-refractivity contribution < 1.29 is 58.6 Å². The fraction of sp³-hybridized carbons (Fsp3) is 0.536. The third kappa shape index (κ3) is 8.58. The van der Waals surface area contributed by atoms with Crippen molar-refractivity contribution in [2.24, 2.45) is 5.92 Å². The van der Waals surface area contributed by atoms with Gasteiger partial charge in [-0.05, 0) is 37.0 Å². The Labute approximate surface area is 241 Å². The van der Waals surface area contributed by atoms with Crippen molar-refractivity contribution in [2.45, 2.75) is 76.8 Å². The Morgan fingerprint density at radius 1 is 1.02 bits per heavy atom. The number of carbonyl (C=O) groups is 5. The van der Waals surface area contributed by atoms with Crippen LogP contribution in [0.15, 0.2) is 30.4 Å². The molecule has 1 saturated heterocycles. The Morgan fingerprint density at radius 2 is 1.71 bits per heavy atom. The number of unbranched alkanes of at least 4 members (excludes halogenated alkanes) is 1. The predicted octanol–water partition coefficient (Wildman–Crippen LogP) is -0.589. The average Bonchev–Trinajstić information content (AvgIpc) is 3.27. The Morgan fingerprint density at radius 3 is 2.36 bits per heavy atom. The standard InChI is InChI=1S/C28H36N2O12/c1-15(2)27(39)40-14-17-13-16(5-3-4-11-29-19(31)10-12-30-20(32)8-9-21(30)33)6-7-18(17)41-28-24(36)22(34)23(35)25(42-28)26(37)38/h6-9,13,15,22-25,28,34-36H,3-5,10-12,14H2,1-2H3,(H,29,31)(H,37,38)/t22-,23-,24+,25-,28+/m0/s1. The van der Waals surface area contributed by atoms with Gasteiger partial charge in [0.25, 0.3) is 11.8 Å². The number of imide groups is 1. The van der Waals surface area contributed by atoms with Gasteiger partial charge in [0.2, 0.25) is 12.2 Å². The van der Waals surface area contributed by atoms with Crippen molar-refractivity contribution in [3.05, 3.63) is 41.5 Å². The van der Waals surface area contributed by atoms with Gasteiger partial charge in [-0.2, -0.15) is 0 Å². The second-order valence-electron chi connectivity index (χ2n) is 10.3. The summed E-state index contributed by atoms with van der Waals surface area (Å²) in [5.74, 6) is -3.45. The van der Waals surface area contributed by atoms with E-state index < -0.39 is 60.4 Å². The first kappa shape index (κ1) is 32.7. The number of aliphatic hydroxyl groups is 3. The van der Waals surface area contributed by atoms with Gasteiger partial charge < -0.3 is 40.0 Å². The van der Waals surface area contributed by atoms with Gasteiger partial charge in [0, 0.05) is 37.2 Å². The van der Waals surface area contributed by atoms with Crippen molar-refractivity contribution in [2.75, 3.05) is 13.1 Å². The van der Waals surface area contributed by atoms with E-state index >= 15 is 0 Å². The van der Waals surface area contributed by atoms with Crippen LogP contribution in [0.2, 0.25) is 0 Å². The van der Waals surface area contributed by atoms with Crippen LogP contribution in [0, 0.1) is 5.92 Å². The van der Waals surface area contributed by atoms with Crippen LogP contribution in [0.1, 0.15) is 44.2 Å². The fourth-order valence-corrected chi connectivity index (χ4v) is 4.24. The quantitative estimate of drug-likeness (QED) is 0.104. The van der Waals surface area contributed by atoms with E-state index in [2.05, 4.69) is 5.32 Å². The number of carbonyl (C=O) groups excluding carboxylic acids is 4. The lowest BCUT2D eigenvalue weighted by Crippen LogP contribution is -2.61. The molecular formula is C28H36N2O12. The minimum absolute atomic E-state index is 0.00167. The van der Waals surface area contributed by atoms with Crippen molar-refractivity contribution in [3.63, 3.8) is 0 Å². The summed E-state index contributed by atoms with van der Waals surface area (Å²) in [6.07, 6.45) is -4.72. The number of ether oxygens (including phenoxy) is 3. The minimum atomic E-state index is -1.87. The molecule has 14 heteroatoms. The monoisotopic (exact) mass is 592 g/mol. The Balaban J connectivity index is 1.56.